The highest BCUT2D eigenvalue weighted by atomic mass is 32.2. The maximum atomic E-state index is 13.7. The summed E-state index contributed by atoms with van der Waals surface area (Å²) in [5.41, 5.74) is 2.30. The molecule has 1 atom stereocenters. The largest absolute Gasteiger partial charge is 0.503 e. The minimum atomic E-state index is -0.880. The number of aliphatic hydroxyl groups is 1. The average Bonchev–Trinajstić information content (AvgIpc) is 3.65. The number of aliphatic hydroxyl groups excluding tert-OH is 1. The standard InChI is InChI=1S/C28H19N3O4S2/c32-24(21-15-19-13-7-8-14-20(19)35-21)22-23(18-11-5-2-6-12-18)31(26(34)25(22)33)27-29-30-28(37-27)36-16-17-9-3-1-4-10-17/h1-15,23,33H,16H2. The highest BCUT2D eigenvalue weighted by Crippen LogP contribution is 2.44. The molecule has 0 saturated carbocycles. The highest BCUT2D eigenvalue weighted by Gasteiger charge is 2.46. The summed E-state index contributed by atoms with van der Waals surface area (Å²) in [6.07, 6.45) is 0. The monoisotopic (exact) mass is 525 g/mol. The van der Waals surface area contributed by atoms with E-state index in [4.69, 9.17) is 4.42 Å². The van der Waals surface area contributed by atoms with Gasteiger partial charge in [0.1, 0.15) is 5.58 Å². The predicted molar refractivity (Wildman–Crippen MR) is 143 cm³/mol. The molecule has 0 bridgehead atoms. The lowest BCUT2D eigenvalue weighted by Crippen LogP contribution is -2.31. The van der Waals surface area contributed by atoms with Gasteiger partial charge in [0.25, 0.3) is 5.91 Å². The van der Waals surface area contributed by atoms with E-state index in [9.17, 15) is 14.7 Å². The Bertz CT molecular complexity index is 1610. The summed E-state index contributed by atoms with van der Waals surface area (Å²) in [6, 6.07) is 27.1. The number of nitrogens with zero attached hydrogens (tertiary/aromatic N) is 3. The molecule has 182 valence electrons. The number of hydrogen-bond acceptors (Lipinski definition) is 8. The van der Waals surface area contributed by atoms with Crippen LogP contribution in [0.5, 0.6) is 0 Å². The van der Waals surface area contributed by atoms with Crippen LogP contribution in [0.25, 0.3) is 11.0 Å². The number of hydrogen-bond donors (Lipinski definition) is 1. The first-order valence-electron chi connectivity index (χ1n) is 11.5. The molecule has 0 fully saturated rings. The van der Waals surface area contributed by atoms with Crippen molar-refractivity contribution in [3.63, 3.8) is 0 Å². The molecule has 3 heterocycles. The number of Topliss-reactive ketones (excluding diaryl/α,β-unsaturated/α-hetero) is 1. The van der Waals surface area contributed by atoms with Gasteiger partial charge in [-0.05, 0) is 23.3 Å². The molecule has 1 aliphatic rings. The molecule has 37 heavy (non-hydrogen) atoms. The summed E-state index contributed by atoms with van der Waals surface area (Å²) < 4.78 is 6.45. The van der Waals surface area contributed by atoms with Crippen LogP contribution in [0.3, 0.4) is 0 Å². The summed E-state index contributed by atoms with van der Waals surface area (Å²) in [4.78, 5) is 28.4. The van der Waals surface area contributed by atoms with E-state index < -0.39 is 23.5 Å². The van der Waals surface area contributed by atoms with Crippen LogP contribution in [0.15, 0.2) is 111 Å². The van der Waals surface area contributed by atoms with E-state index in [1.165, 1.54) is 28.0 Å². The third-order valence-electron chi connectivity index (χ3n) is 6.02. The molecule has 0 radical (unpaired) electrons. The Kier molecular flexibility index (Phi) is 6.07. The van der Waals surface area contributed by atoms with Crippen LogP contribution >= 0.6 is 23.1 Å². The Labute approximate surface area is 220 Å². The predicted octanol–water partition coefficient (Wildman–Crippen LogP) is 6.36. The number of rotatable bonds is 7. The second-order valence-electron chi connectivity index (χ2n) is 8.35. The number of carbonyl (C=O) groups is 2. The number of fused-ring (bicyclic) bond motifs is 1. The van der Waals surface area contributed by atoms with Gasteiger partial charge in [0.15, 0.2) is 15.9 Å². The Morgan fingerprint density at radius 3 is 2.43 bits per heavy atom. The minimum absolute atomic E-state index is 0.0506. The lowest BCUT2D eigenvalue weighted by molar-refractivity contribution is -0.117. The first-order chi connectivity index (χ1) is 18.1. The van der Waals surface area contributed by atoms with Gasteiger partial charge < -0.3 is 9.52 Å². The van der Waals surface area contributed by atoms with E-state index in [0.717, 1.165) is 10.9 Å². The Morgan fingerprint density at radius 2 is 1.68 bits per heavy atom. The van der Waals surface area contributed by atoms with E-state index in [2.05, 4.69) is 10.2 Å². The molecule has 6 rings (SSSR count). The molecule has 1 amide bonds. The zero-order valence-electron chi connectivity index (χ0n) is 19.3. The van der Waals surface area contributed by atoms with Crippen LogP contribution in [0.4, 0.5) is 5.13 Å². The number of ketones is 1. The van der Waals surface area contributed by atoms with Gasteiger partial charge in [-0.15, -0.1) is 10.2 Å². The summed E-state index contributed by atoms with van der Waals surface area (Å²) in [7, 11) is 0. The fourth-order valence-electron chi connectivity index (χ4n) is 4.29. The van der Waals surface area contributed by atoms with Crippen molar-refractivity contribution in [2.24, 2.45) is 0 Å². The molecule has 1 unspecified atom stereocenters. The number of anilines is 1. The van der Waals surface area contributed by atoms with Gasteiger partial charge in [-0.1, -0.05) is 102 Å². The molecule has 3 aromatic carbocycles. The number of amides is 1. The summed E-state index contributed by atoms with van der Waals surface area (Å²) >= 11 is 2.75. The van der Waals surface area contributed by atoms with E-state index in [1.807, 2.05) is 78.9 Å². The number of thioether (sulfide) groups is 1. The van der Waals surface area contributed by atoms with Crippen molar-refractivity contribution in [2.45, 2.75) is 16.1 Å². The molecule has 0 spiro atoms. The molecule has 9 heteroatoms. The summed E-state index contributed by atoms with van der Waals surface area (Å²) in [5, 5.41) is 20.5. The summed E-state index contributed by atoms with van der Waals surface area (Å²) in [5.74, 6) is -1.13. The normalized spacial score (nSPS) is 15.6. The van der Waals surface area contributed by atoms with Crippen LogP contribution < -0.4 is 4.90 Å². The average molecular weight is 526 g/mol. The quantitative estimate of drug-likeness (QED) is 0.150. The van der Waals surface area contributed by atoms with Crippen molar-refractivity contribution < 1.29 is 19.1 Å². The topological polar surface area (TPSA) is 96.5 Å². The maximum Gasteiger partial charge on any atom is 0.296 e. The lowest BCUT2D eigenvalue weighted by atomic mass is 9.95. The van der Waals surface area contributed by atoms with E-state index in [0.29, 0.717) is 26.4 Å². The third-order valence-corrected chi connectivity index (χ3v) is 8.15. The second kappa shape index (κ2) is 9.68. The molecule has 1 N–H and O–H groups in total. The molecular weight excluding hydrogens is 506 g/mol. The minimum Gasteiger partial charge on any atom is -0.503 e. The van der Waals surface area contributed by atoms with Crippen LogP contribution in [-0.2, 0) is 10.5 Å². The van der Waals surface area contributed by atoms with E-state index in [1.54, 1.807) is 12.1 Å². The lowest BCUT2D eigenvalue weighted by Gasteiger charge is -2.23. The van der Waals surface area contributed by atoms with Crippen molar-refractivity contribution in [1.82, 2.24) is 10.2 Å². The zero-order chi connectivity index (χ0) is 25.4. The third kappa shape index (κ3) is 4.32. The van der Waals surface area contributed by atoms with Crippen molar-refractivity contribution >= 4 is 50.9 Å². The summed E-state index contributed by atoms with van der Waals surface area (Å²) in [6.45, 7) is 0. The Morgan fingerprint density at radius 1 is 0.973 bits per heavy atom. The molecule has 1 aliphatic heterocycles. The van der Waals surface area contributed by atoms with Gasteiger partial charge in [0, 0.05) is 11.1 Å². The molecule has 0 aliphatic carbocycles. The fraction of sp³-hybridized carbons (Fsp3) is 0.0714. The maximum absolute atomic E-state index is 13.7. The van der Waals surface area contributed by atoms with Crippen LogP contribution in [0, 0.1) is 0 Å². The van der Waals surface area contributed by atoms with Crippen molar-refractivity contribution in [2.75, 3.05) is 4.90 Å². The molecular formula is C28H19N3O4S2. The van der Waals surface area contributed by atoms with Gasteiger partial charge >= 0.3 is 0 Å². The molecule has 2 aromatic heterocycles. The fourth-order valence-corrected chi connectivity index (χ4v) is 6.11. The molecule has 0 saturated heterocycles. The first kappa shape index (κ1) is 23.2. The number of para-hydroxylation sites is 1. The van der Waals surface area contributed by atoms with Crippen LogP contribution in [0.2, 0.25) is 0 Å². The van der Waals surface area contributed by atoms with E-state index in [-0.39, 0.29) is 11.3 Å². The SMILES string of the molecule is O=C(C1=C(O)C(=O)N(c2nnc(SCc3ccccc3)s2)C1c1ccccc1)c1cc2ccccc2o1. The second-order valence-corrected chi connectivity index (χ2v) is 10.5. The van der Waals surface area contributed by atoms with Gasteiger partial charge in [-0.25, -0.2) is 0 Å². The Hall–Kier alpha value is -4.21. The Balaban J connectivity index is 1.36. The number of carbonyl (C=O) groups excluding carboxylic acids is 2. The van der Waals surface area contributed by atoms with Gasteiger partial charge in [-0.2, -0.15) is 0 Å². The van der Waals surface area contributed by atoms with Crippen molar-refractivity contribution in [1.29, 1.82) is 0 Å². The molecule has 5 aromatic rings. The molecule has 7 nitrogen and oxygen atoms in total. The highest BCUT2D eigenvalue weighted by molar-refractivity contribution is 8.00. The van der Waals surface area contributed by atoms with Crippen molar-refractivity contribution in [3.8, 4) is 0 Å². The smallest absolute Gasteiger partial charge is 0.296 e. The zero-order valence-corrected chi connectivity index (χ0v) is 20.9. The first-order valence-corrected chi connectivity index (χ1v) is 13.3. The number of aromatic nitrogens is 2. The van der Waals surface area contributed by atoms with Gasteiger partial charge in [-0.3, -0.25) is 14.5 Å². The van der Waals surface area contributed by atoms with Crippen molar-refractivity contribution in [3.05, 3.63) is 119 Å². The number of furan rings is 1. The van der Waals surface area contributed by atoms with Crippen LogP contribution in [-0.4, -0.2) is 27.0 Å². The van der Waals surface area contributed by atoms with Crippen LogP contribution in [0.1, 0.15) is 27.7 Å². The van der Waals surface area contributed by atoms with Gasteiger partial charge in [0.05, 0.1) is 11.6 Å². The number of benzene rings is 3. The van der Waals surface area contributed by atoms with Gasteiger partial charge in [0.2, 0.25) is 10.9 Å². The van der Waals surface area contributed by atoms with E-state index >= 15 is 0 Å².